The van der Waals surface area contributed by atoms with Gasteiger partial charge in [0.05, 0.1) is 24.5 Å². The summed E-state index contributed by atoms with van der Waals surface area (Å²) in [6, 6.07) is 6.83. The van der Waals surface area contributed by atoms with Gasteiger partial charge in [-0.05, 0) is 37.8 Å². The molecule has 1 amide bonds. The maximum atomic E-state index is 12.0. The lowest BCUT2D eigenvalue weighted by Crippen LogP contribution is -2.22. The standard InChI is InChI=1S/C16H21NO4/c1-20-16(19)13-7-2-3-8-14(13)17-15(18)10-9-12-6-4-5-11-21-12/h2-3,7-8,12H,4-6,9-11H2,1H3,(H,17,18). The van der Waals surface area contributed by atoms with Crippen molar-refractivity contribution in [1.29, 1.82) is 0 Å². The molecule has 0 aromatic heterocycles. The molecule has 114 valence electrons. The molecule has 0 spiro atoms. The number of methoxy groups -OCH3 is 1. The Bertz CT molecular complexity index is 495. The van der Waals surface area contributed by atoms with E-state index in [-0.39, 0.29) is 12.0 Å². The van der Waals surface area contributed by atoms with Crippen molar-refractivity contribution in [2.75, 3.05) is 19.0 Å². The second-order valence-electron chi connectivity index (χ2n) is 5.11. The number of hydrogen-bond acceptors (Lipinski definition) is 4. The molecule has 1 aliphatic rings. The minimum Gasteiger partial charge on any atom is -0.465 e. The fourth-order valence-corrected chi connectivity index (χ4v) is 2.42. The summed E-state index contributed by atoms with van der Waals surface area (Å²) in [5, 5.41) is 2.77. The zero-order chi connectivity index (χ0) is 15.1. The maximum Gasteiger partial charge on any atom is 0.339 e. The summed E-state index contributed by atoms with van der Waals surface area (Å²) in [6.07, 6.45) is 4.57. The molecule has 0 saturated carbocycles. The zero-order valence-corrected chi connectivity index (χ0v) is 12.3. The summed E-state index contributed by atoms with van der Waals surface area (Å²) < 4.78 is 10.3. The second kappa shape index (κ2) is 7.78. The first kappa shape index (κ1) is 15.5. The average Bonchev–Trinajstić information content (AvgIpc) is 2.54. The van der Waals surface area contributed by atoms with Crippen LogP contribution < -0.4 is 5.32 Å². The molecule has 1 heterocycles. The molecular weight excluding hydrogens is 270 g/mol. The predicted octanol–water partition coefficient (Wildman–Crippen LogP) is 2.76. The molecule has 2 rings (SSSR count). The molecular formula is C16H21NO4. The number of esters is 1. The van der Waals surface area contributed by atoms with Crippen molar-refractivity contribution in [2.45, 2.75) is 38.2 Å². The van der Waals surface area contributed by atoms with Crippen LogP contribution in [0.15, 0.2) is 24.3 Å². The van der Waals surface area contributed by atoms with Gasteiger partial charge in [-0.15, -0.1) is 0 Å². The van der Waals surface area contributed by atoms with Crippen LogP contribution in [0, 0.1) is 0 Å². The minimum atomic E-state index is -0.457. The number of carbonyl (C=O) groups is 2. The molecule has 1 aromatic carbocycles. The SMILES string of the molecule is COC(=O)c1ccccc1NC(=O)CCC1CCCCO1. The van der Waals surface area contributed by atoms with E-state index < -0.39 is 5.97 Å². The molecule has 1 aromatic rings. The molecule has 1 saturated heterocycles. The van der Waals surface area contributed by atoms with Gasteiger partial charge >= 0.3 is 5.97 Å². The Labute approximate surface area is 124 Å². The monoisotopic (exact) mass is 291 g/mol. The van der Waals surface area contributed by atoms with Gasteiger partial charge in [0, 0.05) is 13.0 Å². The van der Waals surface area contributed by atoms with Crippen LogP contribution in [-0.4, -0.2) is 31.7 Å². The highest BCUT2D eigenvalue weighted by molar-refractivity contribution is 6.01. The summed E-state index contributed by atoms with van der Waals surface area (Å²) in [6.45, 7) is 0.789. The Balaban J connectivity index is 1.88. The first-order chi connectivity index (χ1) is 10.2. The molecule has 1 aliphatic heterocycles. The lowest BCUT2D eigenvalue weighted by molar-refractivity contribution is -0.117. The van der Waals surface area contributed by atoms with Crippen LogP contribution in [0.2, 0.25) is 0 Å². The highest BCUT2D eigenvalue weighted by Gasteiger charge is 2.17. The van der Waals surface area contributed by atoms with Gasteiger partial charge in [0.1, 0.15) is 0 Å². The van der Waals surface area contributed by atoms with E-state index >= 15 is 0 Å². The number of carbonyl (C=O) groups excluding carboxylic acids is 2. The van der Waals surface area contributed by atoms with Gasteiger partial charge in [0.15, 0.2) is 0 Å². The van der Waals surface area contributed by atoms with Crippen molar-refractivity contribution < 1.29 is 19.1 Å². The number of nitrogens with one attached hydrogen (secondary N) is 1. The number of ether oxygens (including phenoxy) is 2. The third-order valence-corrected chi connectivity index (χ3v) is 3.57. The number of rotatable bonds is 5. The van der Waals surface area contributed by atoms with Gasteiger partial charge in [-0.2, -0.15) is 0 Å². The van der Waals surface area contributed by atoms with Crippen LogP contribution in [0.1, 0.15) is 42.5 Å². The molecule has 0 aliphatic carbocycles. The molecule has 0 radical (unpaired) electrons. The van der Waals surface area contributed by atoms with Gasteiger partial charge in [0.2, 0.25) is 5.91 Å². The van der Waals surface area contributed by atoms with Crippen LogP contribution in [0.25, 0.3) is 0 Å². The largest absolute Gasteiger partial charge is 0.465 e. The highest BCUT2D eigenvalue weighted by atomic mass is 16.5. The van der Waals surface area contributed by atoms with Crippen molar-refractivity contribution in [1.82, 2.24) is 0 Å². The number of amides is 1. The minimum absolute atomic E-state index is 0.111. The summed E-state index contributed by atoms with van der Waals surface area (Å²) >= 11 is 0. The van der Waals surface area contributed by atoms with Crippen LogP contribution in [0.3, 0.4) is 0 Å². The Kier molecular flexibility index (Phi) is 5.75. The van der Waals surface area contributed by atoms with Crippen molar-refractivity contribution in [3.05, 3.63) is 29.8 Å². The first-order valence-electron chi connectivity index (χ1n) is 7.29. The van der Waals surface area contributed by atoms with Crippen LogP contribution in [0.5, 0.6) is 0 Å². The predicted molar refractivity (Wildman–Crippen MR) is 79.2 cm³/mol. The average molecular weight is 291 g/mol. The van der Waals surface area contributed by atoms with E-state index in [4.69, 9.17) is 9.47 Å². The van der Waals surface area contributed by atoms with Crippen LogP contribution >= 0.6 is 0 Å². The summed E-state index contributed by atoms with van der Waals surface area (Å²) in [5.74, 6) is -0.568. The fraction of sp³-hybridized carbons (Fsp3) is 0.500. The fourth-order valence-electron chi connectivity index (χ4n) is 2.42. The van der Waals surface area contributed by atoms with E-state index in [1.165, 1.54) is 7.11 Å². The van der Waals surface area contributed by atoms with Gasteiger partial charge in [-0.1, -0.05) is 12.1 Å². The van der Waals surface area contributed by atoms with E-state index in [1.807, 2.05) is 0 Å². The molecule has 1 fully saturated rings. The smallest absolute Gasteiger partial charge is 0.339 e. The number of anilines is 1. The molecule has 1 N–H and O–H groups in total. The summed E-state index contributed by atoms with van der Waals surface area (Å²) in [5.41, 5.74) is 0.848. The van der Waals surface area contributed by atoms with Gasteiger partial charge in [-0.3, -0.25) is 4.79 Å². The summed E-state index contributed by atoms with van der Waals surface area (Å²) in [4.78, 5) is 23.6. The number of para-hydroxylation sites is 1. The van der Waals surface area contributed by atoms with Crippen LogP contribution in [-0.2, 0) is 14.3 Å². The third-order valence-electron chi connectivity index (χ3n) is 3.57. The van der Waals surface area contributed by atoms with Gasteiger partial charge in [-0.25, -0.2) is 4.79 Å². The zero-order valence-electron chi connectivity index (χ0n) is 12.3. The van der Waals surface area contributed by atoms with Crippen LogP contribution in [0.4, 0.5) is 5.69 Å². The number of hydrogen-bond donors (Lipinski definition) is 1. The maximum absolute atomic E-state index is 12.0. The van der Waals surface area contributed by atoms with E-state index in [2.05, 4.69) is 5.32 Å². The Morgan fingerprint density at radius 1 is 1.33 bits per heavy atom. The van der Waals surface area contributed by atoms with Crippen molar-refractivity contribution in [3.63, 3.8) is 0 Å². The Morgan fingerprint density at radius 2 is 2.14 bits per heavy atom. The second-order valence-corrected chi connectivity index (χ2v) is 5.11. The van der Waals surface area contributed by atoms with Crippen molar-refractivity contribution in [3.8, 4) is 0 Å². The molecule has 1 unspecified atom stereocenters. The van der Waals surface area contributed by atoms with Crippen molar-refractivity contribution in [2.24, 2.45) is 0 Å². The number of benzene rings is 1. The van der Waals surface area contributed by atoms with Gasteiger partial charge < -0.3 is 14.8 Å². The van der Waals surface area contributed by atoms with Crippen molar-refractivity contribution >= 4 is 17.6 Å². The molecule has 5 heteroatoms. The molecule has 5 nitrogen and oxygen atoms in total. The summed E-state index contributed by atoms with van der Waals surface area (Å²) in [7, 11) is 1.32. The molecule has 1 atom stereocenters. The quantitative estimate of drug-likeness (QED) is 0.847. The normalized spacial score (nSPS) is 18.0. The Morgan fingerprint density at radius 3 is 2.86 bits per heavy atom. The molecule has 0 bridgehead atoms. The lowest BCUT2D eigenvalue weighted by atomic mass is 10.0. The lowest BCUT2D eigenvalue weighted by Gasteiger charge is -2.22. The van der Waals surface area contributed by atoms with E-state index in [0.29, 0.717) is 24.1 Å². The molecule has 21 heavy (non-hydrogen) atoms. The third kappa shape index (κ3) is 4.56. The van der Waals surface area contributed by atoms with E-state index in [1.54, 1.807) is 24.3 Å². The highest BCUT2D eigenvalue weighted by Crippen LogP contribution is 2.19. The topological polar surface area (TPSA) is 64.6 Å². The van der Waals surface area contributed by atoms with E-state index in [9.17, 15) is 9.59 Å². The van der Waals surface area contributed by atoms with E-state index in [0.717, 1.165) is 25.9 Å². The first-order valence-corrected chi connectivity index (χ1v) is 7.29. The van der Waals surface area contributed by atoms with Gasteiger partial charge in [0.25, 0.3) is 0 Å². The Hall–Kier alpha value is -1.88.